The molecule has 0 spiro atoms. The Morgan fingerprint density at radius 3 is 2.36 bits per heavy atom. The van der Waals surface area contributed by atoms with E-state index in [1.807, 2.05) is 83.8 Å². The Hall–Kier alpha value is -4.34. The van der Waals surface area contributed by atoms with Crippen LogP contribution in [0.15, 0.2) is 118 Å². The molecule has 2 saturated heterocycles. The first-order valence-corrected chi connectivity index (χ1v) is 26.0. The van der Waals surface area contributed by atoms with Gasteiger partial charge in [0.15, 0.2) is 0 Å². The maximum Gasteiger partial charge on any atom is 0.501 e. The molecule has 1 aromatic heterocycles. The Morgan fingerprint density at radius 1 is 0.879 bits per heavy atom. The summed E-state index contributed by atoms with van der Waals surface area (Å²) < 4.78 is 121. The van der Waals surface area contributed by atoms with Crippen LogP contribution in [-0.2, 0) is 44.1 Å². The van der Waals surface area contributed by atoms with Gasteiger partial charge in [0.25, 0.3) is 19.9 Å². The minimum atomic E-state index is -6.04. The summed E-state index contributed by atoms with van der Waals surface area (Å²) in [7, 11) is -10.7. The van der Waals surface area contributed by atoms with Crippen molar-refractivity contribution >= 4 is 54.7 Å². The molecule has 66 heavy (non-hydrogen) atoms. The van der Waals surface area contributed by atoms with E-state index in [0.29, 0.717) is 93.4 Å². The number of aromatic nitrogens is 2. The average molecular weight is 989 g/mol. The fourth-order valence-electron chi connectivity index (χ4n) is 8.68. The van der Waals surface area contributed by atoms with Gasteiger partial charge in [0.1, 0.15) is 23.2 Å². The van der Waals surface area contributed by atoms with E-state index in [1.165, 1.54) is 18.1 Å². The van der Waals surface area contributed by atoms with Crippen molar-refractivity contribution in [1.82, 2.24) is 24.7 Å². The van der Waals surface area contributed by atoms with Crippen LogP contribution in [0.1, 0.15) is 29.7 Å². The van der Waals surface area contributed by atoms with Crippen LogP contribution in [0.3, 0.4) is 0 Å². The Morgan fingerprint density at radius 2 is 1.62 bits per heavy atom. The van der Waals surface area contributed by atoms with E-state index >= 15 is 4.39 Å². The van der Waals surface area contributed by atoms with Gasteiger partial charge >= 0.3 is 5.51 Å². The van der Waals surface area contributed by atoms with Crippen molar-refractivity contribution in [3.63, 3.8) is 0 Å². The summed E-state index contributed by atoms with van der Waals surface area (Å²) in [5.74, 6) is 0.290. The Bertz CT molecular complexity index is 2680. The normalized spacial score (nSPS) is 19.5. The van der Waals surface area contributed by atoms with Gasteiger partial charge in [-0.25, -0.2) is 31.2 Å². The van der Waals surface area contributed by atoms with Crippen LogP contribution in [-0.4, -0.2) is 124 Å². The van der Waals surface area contributed by atoms with Crippen LogP contribution in [0.2, 0.25) is 5.02 Å². The number of ether oxygens (including phenoxy) is 1. The molecule has 0 aliphatic carbocycles. The standard InChI is InChI=1S/C46H50ClF4N7O5S3/c47-34-12-10-32(11-13-34)38-9-5-4-6-33(38)27-57-20-18-43(40(48)28-57)58-21-17-39-42(29-58)52-31-53-45(39)55-66(61,62)37-14-15-41(44(26-37)65(59,60)46(49,50)51)54-35(16-19-56-22-24-63-25-23-56)30-64-36-7-2-1-3-8-36/h1-15,26,31,35,40,43,54H,16-25,27-30H2,(H,52,53,55). The molecule has 5 aromatic rings. The summed E-state index contributed by atoms with van der Waals surface area (Å²) in [5, 5.41) is 3.68. The van der Waals surface area contributed by atoms with Gasteiger partial charge in [0.05, 0.1) is 29.5 Å². The number of rotatable bonds is 16. The number of piperidine rings is 1. The maximum absolute atomic E-state index is 16.1. The number of nitrogens with one attached hydrogen (secondary N) is 2. The van der Waals surface area contributed by atoms with Crippen LogP contribution in [0.5, 0.6) is 0 Å². The highest BCUT2D eigenvalue weighted by Crippen LogP contribution is 2.38. The molecule has 4 heterocycles. The highest BCUT2D eigenvalue weighted by molar-refractivity contribution is 7.99. The number of morpholine rings is 1. The number of halogens is 5. The number of hydrogen-bond acceptors (Lipinski definition) is 12. The van der Waals surface area contributed by atoms with Crippen LogP contribution >= 0.6 is 23.4 Å². The average Bonchev–Trinajstić information content (AvgIpc) is 3.30. The van der Waals surface area contributed by atoms with Gasteiger partial charge in [0, 0.05) is 85.7 Å². The van der Waals surface area contributed by atoms with Crippen LogP contribution in [0, 0.1) is 0 Å². The largest absolute Gasteiger partial charge is 0.501 e. The van der Waals surface area contributed by atoms with Gasteiger partial charge in [-0.2, -0.15) is 13.2 Å². The molecule has 2 N–H and O–H groups in total. The molecule has 20 heteroatoms. The maximum atomic E-state index is 16.1. The topological polar surface area (TPSA) is 137 Å². The number of sulfone groups is 1. The second-order valence-electron chi connectivity index (χ2n) is 16.6. The molecule has 3 unspecified atom stereocenters. The van der Waals surface area contributed by atoms with Gasteiger partial charge in [-0.05, 0) is 78.4 Å². The number of fused-ring (bicyclic) bond motifs is 1. The predicted octanol–water partition coefficient (Wildman–Crippen LogP) is 8.16. The number of nitrogens with zero attached hydrogens (tertiary/aromatic N) is 5. The number of benzene rings is 4. The number of alkyl halides is 4. The molecule has 0 bridgehead atoms. The van der Waals surface area contributed by atoms with E-state index in [-0.39, 0.29) is 31.0 Å². The van der Waals surface area contributed by atoms with Crippen molar-refractivity contribution in [2.24, 2.45) is 0 Å². The Kier molecular flexibility index (Phi) is 15.2. The van der Waals surface area contributed by atoms with Gasteiger partial charge < -0.3 is 10.1 Å². The zero-order chi connectivity index (χ0) is 46.5. The lowest BCUT2D eigenvalue weighted by molar-refractivity contribution is -0.0435. The lowest BCUT2D eigenvalue weighted by Gasteiger charge is -2.42. The fraction of sp³-hybridized carbons (Fsp3) is 0.391. The second-order valence-corrected chi connectivity index (χ2v) is 21.7. The van der Waals surface area contributed by atoms with Crippen molar-refractivity contribution in [2.75, 3.05) is 68.3 Å². The SMILES string of the molecule is O=S(=O)(Nc1ncnc2c1CCN(C1CCN(Cc3ccccc3-c3ccc(Cl)cc3)CC1F)C2)c1ccc(NC(CCN2CCOCC2)CSc2ccccc2)c(S(=O)(=O)C(F)(F)F)c1. The lowest BCUT2D eigenvalue weighted by atomic mass is 9.95. The molecule has 0 radical (unpaired) electrons. The first-order valence-electron chi connectivity index (χ1n) is 21.6. The molecular weight excluding hydrogens is 938 g/mol. The molecule has 8 rings (SSSR count). The molecule has 3 aliphatic heterocycles. The van der Waals surface area contributed by atoms with Crippen LogP contribution < -0.4 is 10.0 Å². The van der Waals surface area contributed by atoms with Crippen molar-refractivity contribution in [3.8, 4) is 11.1 Å². The third-order valence-electron chi connectivity index (χ3n) is 12.2. The van der Waals surface area contributed by atoms with Crippen LogP contribution in [0.25, 0.3) is 11.1 Å². The number of anilines is 2. The quantitative estimate of drug-likeness (QED) is 0.0730. The van der Waals surface area contributed by atoms with E-state index in [0.717, 1.165) is 33.7 Å². The second kappa shape index (κ2) is 20.9. The summed E-state index contributed by atoms with van der Waals surface area (Å²) in [6.45, 7) is 5.08. The highest BCUT2D eigenvalue weighted by Gasteiger charge is 2.48. The van der Waals surface area contributed by atoms with Crippen molar-refractivity contribution in [1.29, 1.82) is 0 Å². The summed E-state index contributed by atoms with van der Waals surface area (Å²) in [6, 6.07) is 26.8. The Balaban J connectivity index is 0.964. The molecular formula is C46H50ClF4N7O5S3. The molecule has 0 saturated carbocycles. The van der Waals surface area contributed by atoms with Crippen molar-refractivity contribution in [3.05, 3.63) is 125 Å². The number of sulfonamides is 1. The molecule has 0 amide bonds. The molecule has 3 atom stereocenters. The summed E-state index contributed by atoms with van der Waals surface area (Å²) >= 11 is 7.58. The highest BCUT2D eigenvalue weighted by atomic mass is 35.5. The number of hydrogen-bond donors (Lipinski definition) is 2. The van der Waals surface area contributed by atoms with E-state index in [1.54, 1.807) is 0 Å². The lowest BCUT2D eigenvalue weighted by Crippen LogP contribution is -2.53. The predicted molar refractivity (Wildman–Crippen MR) is 249 cm³/mol. The van der Waals surface area contributed by atoms with Crippen molar-refractivity contribution in [2.45, 2.75) is 70.8 Å². The van der Waals surface area contributed by atoms with Crippen molar-refractivity contribution < 1.29 is 39.1 Å². The summed E-state index contributed by atoms with van der Waals surface area (Å²) in [4.78, 5) is 13.9. The number of thioether (sulfide) groups is 1. The third kappa shape index (κ3) is 11.5. The van der Waals surface area contributed by atoms with E-state index in [4.69, 9.17) is 16.3 Å². The van der Waals surface area contributed by atoms with Gasteiger partial charge in [0.2, 0.25) is 0 Å². The van der Waals surface area contributed by atoms with E-state index in [2.05, 4.69) is 29.8 Å². The molecule has 3 aliphatic rings. The smallest absolute Gasteiger partial charge is 0.380 e. The number of likely N-dealkylation sites (tertiary alicyclic amines) is 1. The first kappa shape index (κ1) is 48.1. The first-order chi connectivity index (χ1) is 31.6. The third-order valence-corrected chi connectivity index (χ3v) is 16.5. The van der Waals surface area contributed by atoms with E-state index in [9.17, 15) is 30.0 Å². The molecule has 12 nitrogen and oxygen atoms in total. The van der Waals surface area contributed by atoms with Gasteiger partial charge in [-0.15, -0.1) is 11.8 Å². The summed E-state index contributed by atoms with van der Waals surface area (Å²) in [5.41, 5.74) is -1.99. The molecule has 4 aromatic carbocycles. The van der Waals surface area contributed by atoms with Gasteiger partial charge in [-0.1, -0.05) is 66.2 Å². The van der Waals surface area contributed by atoms with Crippen LogP contribution in [0.4, 0.5) is 29.1 Å². The molecule has 2 fully saturated rings. The molecule has 352 valence electrons. The minimum Gasteiger partial charge on any atom is -0.380 e. The van der Waals surface area contributed by atoms with Gasteiger partial charge in [-0.3, -0.25) is 19.4 Å². The Labute approximate surface area is 392 Å². The zero-order valence-corrected chi connectivity index (χ0v) is 39.0. The minimum absolute atomic E-state index is 0.0887. The summed E-state index contributed by atoms with van der Waals surface area (Å²) in [6.07, 6.45) is 1.27. The zero-order valence-electron chi connectivity index (χ0n) is 35.8. The van der Waals surface area contributed by atoms with E-state index < -0.39 is 53.4 Å². The monoisotopic (exact) mass is 987 g/mol. The fourth-order valence-corrected chi connectivity index (χ4v) is 11.9.